The Morgan fingerprint density at radius 2 is 1.96 bits per heavy atom. The van der Waals surface area contributed by atoms with Crippen LogP contribution in [0.3, 0.4) is 0 Å². The molecule has 0 aliphatic heterocycles. The van der Waals surface area contributed by atoms with Crippen molar-refractivity contribution in [1.82, 2.24) is 5.32 Å². The van der Waals surface area contributed by atoms with E-state index in [1.54, 1.807) is 42.7 Å². The molecule has 0 saturated heterocycles. The lowest BCUT2D eigenvalue weighted by Gasteiger charge is -2.13. The Hall–Kier alpha value is -2.41. The molecule has 1 heterocycles. The van der Waals surface area contributed by atoms with Crippen molar-refractivity contribution in [2.45, 2.75) is 0 Å². The van der Waals surface area contributed by atoms with Gasteiger partial charge in [0.15, 0.2) is 5.11 Å². The van der Waals surface area contributed by atoms with Gasteiger partial charge in [0.25, 0.3) is 5.91 Å². The number of carbonyl (C=O) groups is 1. The van der Waals surface area contributed by atoms with Gasteiger partial charge in [0.05, 0.1) is 17.7 Å². The van der Waals surface area contributed by atoms with Crippen LogP contribution < -0.4 is 15.4 Å². The molecule has 7 heteroatoms. The number of halogens is 1. The Kier molecular flexibility index (Phi) is 5.88. The highest BCUT2D eigenvalue weighted by Gasteiger charge is 2.12. The molecule has 0 unspecified atom stereocenters. The Morgan fingerprint density at radius 3 is 2.65 bits per heavy atom. The fourth-order valence-electron chi connectivity index (χ4n) is 2.38. The van der Waals surface area contributed by atoms with Gasteiger partial charge < -0.3 is 10.1 Å². The van der Waals surface area contributed by atoms with Crippen molar-refractivity contribution in [3.05, 3.63) is 70.6 Å². The molecule has 0 fully saturated rings. The zero-order valence-electron chi connectivity index (χ0n) is 13.8. The quantitative estimate of drug-likeness (QED) is 0.588. The van der Waals surface area contributed by atoms with Gasteiger partial charge in [-0.1, -0.05) is 29.8 Å². The number of anilines is 1. The van der Waals surface area contributed by atoms with Gasteiger partial charge in [-0.2, -0.15) is 0 Å². The van der Waals surface area contributed by atoms with Crippen molar-refractivity contribution in [3.63, 3.8) is 0 Å². The van der Waals surface area contributed by atoms with Gasteiger partial charge in [-0.15, -0.1) is 11.3 Å². The Balaban J connectivity index is 1.71. The van der Waals surface area contributed by atoms with Crippen LogP contribution in [-0.4, -0.2) is 18.1 Å². The van der Waals surface area contributed by atoms with Crippen LogP contribution in [0.25, 0.3) is 10.4 Å². The average molecular weight is 403 g/mol. The molecule has 4 nitrogen and oxygen atoms in total. The predicted octanol–water partition coefficient (Wildman–Crippen LogP) is 5.20. The number of benzene rings is 2. The zero-order chi connectivity index (χ0) is 18.5. The second-order valence-electron chi connectivity index (χ2n) is 5.28. The third kappa shape index (κ3) is 4.22. The van der Waals surface area contributed by atoms with Gasteiger partial charge in [0.1, 0.15) is 5.75 Å². The van der Waals surface area contributed by atoms with Crippen LogP contribution in [0.2, 0.25) is 5.02 Å². The highest BCUT2D eigenvalue weighted by atomic mass is 35.5. The summed E-state index contributed by atoms with van der Waals surface area (Å²) in [7, 11) is 1.62. The smallest absolute Gasteiger partial charge is 0.258 e. The van der Waals surface area contributed by atoms with E-state index in [1.165, 1.54) is 0 Å². The summed E-state index contributed by atoms with van der Waals surface area (Å²) in [6.45, 7) is 0. The summed E-state index contributed by atoms with van der Waals surface area (Å²) in [4.78, 5) is 13.4. The number of amides is 1. The van der Waals surface area contributed by atoms with Crippen molar-refractivity contribution in [3.8, 4) is 16.2 Å². The summed E-state index contributed by atoms with van der Waals surface area (Å²) in [5.41, 5.74) is 2.08. The molecular formula is C19H15ClN2O2S2. The van der Waals surface area contributed by atoms with E-state index in [-0.39, 0.29) is 11.0 Å². The fraction of sp³-hybridized carbons (Fsp3) is 0.0526. The number of methoxy groups -OCH3 is 1. The van der Waals surface area contributed by atoms with E-state index in [2.05, 4.69) is 10.6 Å². The highest BCUT2D eigenvalue weighted by Crippen LogP contribution is 2.35. The van der Waals surface area contributed by atoms with Crippen LogP contribution >= 0.6 is 35.2 Å². The largest absolute Gasteiger partial charge is 0.496 e. The summed E-state index contributed by atoms with van der Waals surface area (Å²) in [6.07, 6.45) is 0. The first-order valence-electron chi connectivity index (χ1n) is 7.67. The van der Waals surface area contributed by atoms with E-state index in [9.17, 15) is 4.79 Å². The number of thiophene rings is 1. The number of carbonyl (C=O) groups excluding carboxylic acids is 1. The molecule has 0 aliphatic carbocycles. The predicted molar refractivity (Wildman–Crippen MR) is 111 cm³/mol. The van der Waals surface area contributed by atoms with Crippen LogP contribution in [-0.2, 0) is 0 Å². The molecule has 3 aromatic rings. The molecule has 132 valence electrons. The van der Waals surface area contributed by atoms with E-state index in [0.29, 0.717) is 16.3 Å². The molecule has 3 rings (SSSR count). The molecule has 0 radical (unpaired) electrons. The van der Waals surface area contributed by atoms with Crippen molar-refractivity contribution >= 4 is 51.9 Å². The van der Waals surface area contributed by atoms with E-state index in [4.69, 9.17) is 28.6 Å². The maximum Gasteiger partial charge on any atom is 0.258 e. The molecule has 26 heavy (non-hydrogen) atoms. The molecule has 0 atom stereocenters. The van der Waals surface area contributed by atoms with Crippen LogP contribution in [0.5, 0.6) is 5.75 Å². The molecule has 0 bridgehead atoms. The molecule has 2 aromatic carbocycles. The summed E-state index contributed by atoms with van der Waals surface area (Å²) in [5.74, 6) is 0.355. The number of hydrogen-bond acceptors (Lipinski definition) is 4. The van der Waals surface area contributed by atoms with Crippen molar-refractivity contribution in [2.75, 3.05) is 12.4 Å². The van der Waals surface area contributed by atoms with Gasteiger partial charge >= 0.3 is 0 Å². The summed E-state index contributed by atoms with van der Waals surface area (Å²) in [5, 5.41) is 8.18. The zero-order valence-corrected chi connectivity index (χ0v) is 16.2. The van der Waals surface area contributed by atoms with Crippen molar-refractivity contribution < 1.29 is 9.53 Å². The number of nitrogens with one attached hydrogen (secondary N) is 2. The van der Waals surface area contributed by atoms with E-state index < -0.39 is 0 Å². The second kappa shape index (κ2) is 8.31. The first-order chi connectivity index (χ1) is 12.6. The minimum atomic E-state index is -0.365. The summed E-state index contributed by atoms with van der Waals surface area (Å²) in [6, 6.07) is 16.5. The minimum absolute atomic E-state index is 0.181. The van der Waals surface area contributed by atoms with Gasteiger partial charge in [0, 0.05) is 22.2 Å². The van der Waals surface area contributed by atoms with E-state index >= 15 is 0 Å². The molecule has 0 spiro atoms. The maximum absolute atomic E-state index is 12.3. The monoisotopic (exact) mass is 402 g/mol. The first kappa shape index (κ1) is 18.4. The first-order valence-corrected chi connectivity index (χ1v) is 9.34. The summed E-state index contributed by atoms with van der Waals surface area (Å²) < 4.78 is 5.48. The highest BCUT2D eigenvalue weighted by molar-refractivity contribution is 7.80. The summed E-state index contributed by atoms with van der Waals surface area (Å²) >= 11 is 12.9. The number of rotatable bonds is 4. The van der Waals surface area contributed by atoms with Crippen LogP contribution in [0, 0.1) is 0 Å². The third-order valence-corrected chi connectivity index (χ3v) is 5.03. The van der Waals surface area contributed by atoms with Gasteiger partial charge in [-0.3, -0.25) is 10.1 Å². The molecular weight excluding hydrogens is 388 g/mol. The fourth-order valence-corrected chi connectivity index (χ4v) is 3.57. The molecule has 0 aliphatic rings. The Morgan fingerprint density at radius 1 is 1.15 bits per heavy atom. The van der Waals surface area contributed by atoms with E-state index in [0.717, 1.165) is 16.2 Å². The van der Waals surface area contributed by atoms with Crippen LogP contribution in [0.1, 0.15) is 10.4 Å². The molecule has 1 aromatic heterocycles. The van der Waals surface area contributed by atoms with Crippen molar-refractivity contribution in [2.24, 2.45) is 0 Å². The van der Waals surface area contributed by atoms with Crippen molar-refractivity contribution in [1.29, 1.82) is 0 Å². The van der Waals surface area contributed by atoms with E-state index in [1.807, 2.05) is 35.7 Å². The minimum Gasteiger partial charge on any atom is -0.496 e. The topological polar surface area (TPSA) is 50.4 Å². The number of hydrogen-bond donors (Lipinski definition) is 2. The van der Waals surface area contributed by atoms with Gasteiger partial charge in [-0.25, -0.2) is 0 Å². The van der Waals surface area contributed by atoms with Gasteiger partial charge in [0.2, 0.25) is 0 Å². The molecule has 2 N–H and O–H groups in total. The van der Waals surface area contributed by atoms with Crippen LogP contribution in [0.4, 0.5) is 5.69 Å². The standard InChI is InChI=1S/C19H15ClN2O2S2/c1-24-16-11-12(8-9-14(16)17-7-4-10-26-17)21-19(25)22-18(23)13-5-2-3-6-15(13)20/h2-11H,1H3,(H2,21,22,23,25). The lowest BCUT2D eigenvalue weighted by molar-refractivity contribution is 0.0978. The van der Waals surface area contributed by atoms with Gasteiger partial charge in [-0.05, 0) is 47.9 Å². The third-order valence-electron chi connectivity index (χ3n) is 3.59. The Labute approximate surface area is 165 Å². The molecule has 0 saturated carbocycles. The average Bonchev–Trinajstić information content (AvgIpc) is 3.16. The number of thiocarbonyl (C=S) groups is 1. The maximum atomic E-state index is 12.3. The Bertz CT molecular complexity index is 942. The lowest BCUT2D eigenvalue weighted by Crippen LogP contribution is -2.34. The normalized spacial score (nSPS) is 10.2. The molecule has 1 amide bonds. The second-order valence-corrected chi connectivity index (χ2v) is 7.04. The van der Waals surface area contributed by atoms with Crippen LogP contribution in [0.15, 0.2) is 60.0 Å². The number of ether oxygens (including phenoxy) is 1. The SMILES string of the molecule is COc1cc(NC(=S)NC(=O)c2ccccc2Cl)ccc1-c1cccs1. The lowest BCUT2D eigenvalue weighted by atomic mass is 10.1.